The summed E-state index contributed by atoms with van der Waals surface area (Å²) < 4.78 is 10.2. The van der Waals surface area contributed by atoms with Crippen molar-refractivity contribution in [1.29, 1.82) is 5.41 Å². The van der Waals surface area contributed by atoms with Crippen molar-refractivity contribution in [2.45, 2.75) is 0 Å². The van der Waals surface area contributed by atoms with E-state index in [2.05, 4.69) is 0 Å². The second-order valence-electron chi connectivity index (χ2n) is 2.60. The highest BCUT2D eigenvalue weighted by Crippen LogP contribution is 2.26. The van der Waals surface area contributed by atoms with Crippen LogP contribution >= 0.6 is 11.8 Å². The molecule has 1 aromatic carbocycles. The lowest BCUT2D eigenvalue weighted by atomic mass is 10.2. The third kappa shape index (κ3) is 2.20. The highest BCUT2D eigenvalue weighted by atomic mass is 32.2. The Bertz CT molecular complexity index is 339. The van der Waals surface area contributed by atoms with Crippen LogP contribution in [0.1, 0.15) is 5.56 Å². The second kappa shape index (κ2) is 4.91. The molecule has 0 heterocycles. The van der Waals surface area contributed by atoms with Crippen LogP contribution in [0.2, 0.25) is 0 Å². The summed E-state index contributed by atoms with van der Waals surface area (Å²) in [7, 11) is 3.19. The van der Waals surface area contributed by atoms with Crippen LogP contribution in [0.4, 0.5) is 0 Å². The SMILES string of the molecule is COc1ccc(C(=N)SC)c(OC)c1. The third-order valence-electron chi connectivity index (χ3n) is 1.86. The summed E-state index contributed by atoms with van der Waals surface area (Å²) >= 11 is 1.38. The van der Waals surface area contributed by atoms with Crippen LogP contribution in [0.5, 0.6) is 11.5 Å². The molecule has 0 saturated carbocycles. The summed E-state index contributed by atoms with van der Waals surface area (Å²) in [5.74, 6) is 1.41. The van der Waals surface area contributed by atoms with Gasteiger partial charge in [-0.15, -0.1) is 11.8 Å². The Kier molecular flexibility index (Phi) is 3.83. The van der Waals surface area contributed by atoms with Crippen molar-refractivity contribution >= 4 is 16.8 Å². The van der Waals surface area contributed by atoms with Gasteiger partial charge >= 0.3 is 0 Å². The summed E-state index contributed by atoms with van der Waals surface area (Å²) in [5.41, 5.74) is 0.792. The molecule has 0 bridgehead atoms. The zero-order valence-electron chi connectivity index (χ0n) is 8.46. The molecule has 0 radical (unpaired) electrons. The molecule has 0 spiro atoms. The minimum Gasteiger partial charge on any atom is -0.497 e. The normalized spacial score (nSPS) is 9.64. The highest BCUT2D eigenvalue weighted by molar-refractivity contribution is 8.13. The average Bonchev–Trinajstić information content (AvgIpc) is 2.27. The Balaban J connectivity index is 3.11. The molecule has 0 fully saturated rings. The second-order valence-corrected chi connectivity index (χ2v) is 3.42. The highest BCUT2D eigenvalue weighted by Gasteiger charge is 2.08. The van der Waals surface area contributed by atoms with Gasteiger partial charge in [-0.3, -0.25) is 5.41 Å². The van der Waals surface area contributed by atoms with Gasteiger partial charge in [-0.1, -0.05) is 0 Å². The van der Waals surface area contributed by atoms with Crippen molar-refractivity contribution < 1.29 is 9.47 Å². The molecule has 0 aliphatic carbocycles. The quantitative estimate of drug-likeness (QED) is 0.616. The minimum atomic E-state index is 0.490. The van der Waals surface area contributed by atoms with Gasteiger partial charge in [0.1, 0.15) is 11.5 Å². The molecule has 0 aliphatic rings. The van der Waals surface area contributed by atoms with E-state index in [1.165, 1.54) is 11.8 Å². The van der Waals surface area contributed by atoms with E-state index in [9.17, 15) is 0 Å². The number of ether oxygens (including phenoxy) is 2. The van der Waals surface area contributed by atoms with E-state index >= 15 is 0 Å². The van der Waals surface area contributed by atoms with E-state index in [0.717, 1.165) is 11.3 Å². The standard InChI is InChI=1S/C10H13NO2S/c1-12-7-4-5-8(10(11)14-3)9(6-7)13-2/h4-6,11H,1-3H3. The molecule has 0 aromatic heterocycles. The molecule has 76 valence electrons. The number of rotatable bonds is 3. The number of hydrogen-bond donors (Lipinski definition) is 1. The molecule has 0 aliphatic heterocycles. The van der Waals surface area contributed by atoms with Crippen LogP contribution in [0.3, 0.4) is 0 Å². The third-order valence-corrected chi connectivity index (χ3v) is 2.49. The Labute approximate surface area is 87.9 Å². The van der Waals surface area contributed by atoms with E-state index in [-0.39, 0.29) is 0 Å². The van der Waals surface area contributed by atoms with Crippen LogP contribution < -0.4 is 9.47 Å². The summed E-state index contributed by atoms with van der Waals surface area (Å²) in [6.07, 6.45) is 1.87. The van der Waals surface area contributed by atoms with Gasteiger partial charge in [-0.05, 0) is 18.4 Å². The predicted octanol–water partition coefficient (Wildman–Crippen LogP) is 2.39. The van der Waals surface area contributed by atoms with Gasteiger partial charge in [-0.2, -0.15) is 0 Å². The minimum absolute atomic E-state index is 0.490. The van der Waals surface area contributed by atoms with Crippen LogP contribution in [0.25, 0.3) is 0 Å². The van der Waals surface area contributed by atoms with Crippen molar-refractivity contribution in [2.75, 3.05) is 20.5 Å². The van der Waals surface area contributed by atoms with Crippen LogP contribution in [-0.2, 0) is 0 Å². The monoisotopic (exact) mass is 211 g/mol. The first-order valence-electron chi connectivity index (χ1n) is 4.08. The smallest absolute Gasteiger partial charge is 0.132 e. The zero-order valence-corrected chi connectivity index (χ0v) is 9.27. The lowest BCUT2D eigenvalue weighted by Crippen LogP contribution is -1.98. The molecule has 1 rings (SSSR count). The fourth-order valence-electron chi connectivity index (χ4n) is 1.10. The van der Waals surface area contributed by atoms with E-state index < -0.39 is 0 Å². The molecular weight excluding hydrogens is 198 g/mol. The first kappa shape index (κ1) is 10.9. The van der Waals surface area contributed by atoms with Crippen molar-refractivity contribution in [3.05, 3.63) is 23.8 Å². The van der Waals surface area contributed by atoms with Gasteiger partial charge in [0, 0.05) is 11.6 Å². The Hall–Kier alpha value is -1.16. The topological polar surface area (TPSA) is 42.3 Å². The molecule has 0 atom stereocenters. The van der Waals surface area contributed by atoms with Gasteiger partial charge in [0.15, 0.2) is 0 Å². The molecule has 4 heteroatoms. The number of hydrogen-bond acceptors (Lipinski definition) is 4. The van der Waals surface area contributed by atoms with Gasteiger partial charge in [-0.25, -0.2) is 0 Å². The lowest BCUT2D eigenvalue weighted by molar-refractivity contribution is 0.394. The van der Waals surface area contributed by atoms with E-state index in [4.69, 9.17) is 14.9 Å². The summed E-state index contributed by atoms with van der Waals surface area (Å²) in [5, 5.41) is 8.18. The summed E-state index contributed by atoms with van der Waals surface area (Å²) in [6, 6.07) is 5.43. The fourth-order valence-corrected chi connectivity index (χ4v) is 1.48. The Morgan fingerprint density at radius 1 is 1.29 bits per heavy atom. The number of thioether (sulfide) groups is 1. The zero-order chi connectivity index (χ0) is 10.6. The maximum atomic E-state index is 7.69. The van der Waals surface area contributed by atoms with Crippen molar-refractivity contribution in [3.8, 4) is 11.5 Å². The molecule has 0 saturated heterocycles. The van der Waals surface area contributed by atoms with Crippen molar-refractivity contribution in [1.82, 2.24) is 0 Å². The summed E-state index contributed by atoms with van der Waals surface area (Å²) in [6.45, 7) is 0. The number of benzene rings is 1. The fraction of sp³-hybridized carbons (Fsp3) is 0.300. The molecule has 3 nitrogen and oxygen atoms in total. The number of methoxy groups -OCH3 is 2. The largest absolute Gasteiger partial charge is 0.497 e. The molecule has 1 aromatic rings. The van der Waals surface area contributed by atoms with Crippen molar-refractivity contribution in [3.63, 3.8) is 0 Å². The van der Waals surface area contributed by atoms with Gasteiger partial charge < -0.3 is 9.47 Å². The van der Waals surface area contributed by atoms with E-state index in [0.29, 0.717) is 10.8 Å². The number of nitrogens with one attached hydrogen (secondary N) is 1. The van der Waals surface area contributed by atoms with E-state index in [1.807, 2.05) is 18.4 Å². The summed E-state index contributed by atoms with van der Waals surface area (Å²) in [4.78, 5) is 0. The maximum Gasteiger partial charge on any atom is 0.132 e. The van der Waals surface area contributed by atoms with Crippen LogP contribution in [-0.4, -0.2) is 25.5 Å². The molecular formula is C10H13NO2S. The molecule has 0 amide bonds. The first-order chi connectivity index (χ1) is 6.72. The first-order valence-corrected chi connectivity index (χ1v) is 5.30. The average molecular weight is 211 g/mol. The van der Waals surface area contributed by atoms with Gasteiger partial charge in [0.2, 0.25) is 0 Å². The predicted molar refractivity (Wildman–Crippen MR) is 59.9 cm³/mol. The molecule has 0 unspecified atom stereocenters. The van der Waals surface area contributed by atoms with Gasteiger partial charge in [0.05, 0.1) is 19.3 Å². The maximum absolute atomic E-state index is 7.69. The van der Waals surface area contributed by atoms with Crippen LogP contribution in [0, 0.1) is 5.41 Å². The lowest BCUT2D eigenvalue weighted by Gasteiger charge is -2.09. The van der Waals surface area contributed by atoms with Crippen molar-refractivity contribution in [2.24, 2.45) is 0 Å². The van der Waals surface area contributed by atoms with Crippen LogP contribution in [0.15, 0.2) is 18.2 Å². The molecule has 14 heavy (non-hydrogen) atoms. The Morgan fingerprint density at radius 3 is 2.50 bits per heavy atom. The van der Waals surface area contributed by atoms with Gasteiger partial charge in [0.25, 0.3) is 0 Å². The molecule has 1 N–H and O–H groups in total. The van der Waals surface area contributed by atoms with E-state index in [1.54, 1.807) is 20.3 Å². The Morgan fingerprint density at radius 2 is 2.00 bits per heavy atom.